The van der Waals surface area contributed by atoms with Gasteiger partial charge in [-0.1, -0.05) is 18.2 Å². The van der Waals surface area contributed by atoms with Gasteiger partial charge in [0.15, 0.2) is 0 Å². The summed E-state index contributed by atoms with van der Waals surface area (Å²) < 4.78 is 4.71. The van der Waals surface area contributed by atoms with E-state index in [0.29, 0.717) is 18.0 Å². The Labute approximate surface area is 199 Å². The molecule has 1 atom stereocenters. The van der Waals surface area contributed by atoms with Crippen LogP contribution in [0.3, 0.4) is 0 Å². The van der Waals surface area contributed by atoms with Crippen LogP contribution >= 0.6 is 0 Å². The van der Waals surface area contributed by atoms with E-state index in [1.165, 1.54) is 48.0 Å². The van der Waals surface area contributed by atoms with Crippen LogP contribution in [0.2, 0.25) is 0 Å². The van der Waals surface area contributed by atoms with Crippen molar-refractivity contribution in [1.82, 2.24) is 18.9 Å². The summed E-state index contributed by atoms with van der Waals surface area (Å²) in [5, 5.41) is 1.27. The summed E-state index contributed by atoms with van der Waals surface area (Å²) in [6.07, 6.45) is 9.07. The quantitative estimate of drug-likeness (QED) is 0.472. The molecule has 3 fully saturated rings. The topological polar surface area (TPSA) is 68.6 Å². The Morgan fingerprint density at radius 1 is 1.06 bits per heavy atom. The van der Waals surface area contributed by atoms with E-state index < -0.39 is 0 Å². The van der Waals surface area contributed by atoms with Gasteiger partial charge in [0.1, 0.15) is 11.3 Å². The number of pyridine rings is 1. The lowest BCUT2D eigenvalue weighted by molar-refractivity contribution is 0.0709. The first kappa shape index (κ1) is 20.3. The van der Waals surface area contributed by atoms with Gasteiger partial charge in [-0.15, -0.1) is 0 Å². The van der Waals surface area contributed by atoms with Crippen LogP contribution in [0.15, 0.2) is 48.7 Å². The molecule has 2 aliphatic carbocycles. The molecule has 4 heterocycles. The number of benzene rings is 1. The molecule has 4 aromatic rings. The molecule has 1 saturated heterocycles. The van der Waals surface area contributed by atoms with Crippen molar-refractivity contribution >= 4 is 22.5 Å². The van der Waals surface area contributed by atoms with Crippen molar-refractivity contribution in [3.05, 3.63) is 59.9 Å². The first-order chi connectivity index (χ1) is 16.7. The first-order valence-electron chi connectivity index (χ1n) is 12.8. The third-order valence-corrected chi connectivity index (χ3v) is 7.81. The molecule has 0 spiro atoms. The van der Waals surface area contributed by atoms with Gasteiger partial charge in [0, 0.05) is 54.3 Å². The molecular formula is C28H31N5O. The van der Waals surface area contributed by atoms with Crippen LogP contribution in [0.1, 0.15) is 60.5 Å². The van der Waals surface area contributed by atoms with E-state index in [1.807, 2.05) is 17.0 Å². The number of carbonyl (C=O) groups excluding carboxylic acids is 1. The fraction of sp³-hybridized carbons (Fsp3) is 0.429. The van der Waals surface area contributed by atoms with Crippen LogP contribution in [-0.2, 0) is 6.54 Å². The predicted molar refractivity (Wildman–Crippen MR) is 134 cm³/mol. The number of imidazole rings is 1. The highest BCUT2D eigenvalue weighted by molar-refractivity contribution is 5.95. The minimum absolute atomic E-state index is 0.0676. The van der Waals surface area contributed by atoms with Crippen molar-refractivity contribution in [2.75, 3.05) is 13.1 Å². The van der Waals surface area contributed by atoms with Gasteiger partial charge in [-0.3, -0.25) is 4.79 Å². The Morgan fingerprint density at radius 3 is 2.71 bits per heavy atom. The van der Waals surface area contributed by atoms with Gasteiger partial charge in [0.2, 0.25) is 0 Å². The average Bonchev–Trinajstić information content (AvgIpc) is 3.78. The lowest BCUT2D eigenvalue weighted by Gasteiger charge is -2.30. The number of carbonyl (C=O) groups is 1. The van der Waals surface area contributed by atoms with E-state index in [0.717, 1.165) is 43.2 Å². The molecule has 6 heteroatoms. The number of piperidine rings is 1. The zero-order valence-electron chi connectivity index (χ0n) is 19.5. The van der Waals surface area contributed by atoms with Crippen molar-refractivity contribution in [3.63, 3.8) is 0 Å². The largest absolute Gasteiger partial charge is 0.339 e. The molecule has 2 saturated carbocycles. The highest BCUT2D eigenvalue weighted by Gasteiger charge is 2.33. The van der Waals surface area contributed by atoms with Crippen molar-refractivity contribution in [1.29, 1.82) is 0 Å². The number of amides is 1. The number of para-hydroxylation sites is 1. The fourth-order valence-corrected chi connectivity index (χ4v) is 5.67. The lowest BCUT2D eigenvalue weighted by Crippen LogP contribution is -2.45. The second-order valence-electron chi connectivity index (χ2n) is 10.6. The number of rotatable bonds is 5. The molecule has 1 amide bonds. The normalized spacial score (nSPS) is 21.0. The number of hydrogen-bond donors (Lipinski definition) is 1. The molecule has 3 aromatic heterocycles. The standard InChI is InChI=1S/C28H31N5O/c29-22-5-3-12-31(17-22)28(34)21-11-13-32-25(15-21)30-26(27(32)19-9-10-19)24-14-20-4-1-2-6-23(20)33(24)16-18-7-8-18/h1-2,4,6,11,13-15,18-19,22H,3,5,7-10,12,16-17,29H2. The van der Waals surface area contributed by atoms with Crippen molar-refractivity contribution in [3.8, 4) is 11.4 Å². The van der Waals surface area contributed by atoms with E-state index in [9.17, 15) is 4.79 Å². The van der Waals surface area contributed by atoms with Gasteiger partial charge in [-0.2, -0.15) is 0 Å². The maximum absolute atomic E-state index is 13.2. The second-order valence-corrected chi connectivity index (χ2v) is 10.6. The number of nitrogens with two attached hydrogens (primary N) is 1. The smallest absolute Gasteiger partial charge is 0.254 e. The van der Waals surface area contributed by atoms with Crippen LogP contribution in [0.4, 0.5) is 0 Å². The number of fused-ring (bicyclic) bond motifs is 2. The van der Waals surface area contributed by atoms with Gasteiger partial charge >= 0.3 is 0 Å². The Bertz CT molecular complexity index is 1410. The average molecular weight is 454 g/mol. The fourth-order valence-electron chi connectivity index (χ4n) is 5.67. The summed E-state index contributed by atoms with van der Waals surface area (Å²) in [6.45, 7) is 2.48. The molecule has 7 rings (SSSR count). The molecule has 0 radical (unpaired) electrons. The molecule has 6 nitrogen and oxygen atoms in total. The van der Waals surface area contributed by atoms with Gasteiger partial charge in [0.25, 0.3) is 5.91 Å². The Morgan fingerprint density at radius 2 is 1.91 bits per heavy atom. The summed E-state index contributed by atoms with van der Waals surface area (Å²) >= 11 is 0. The molecule has 3 aliphatic rings. The minimum Gasteiger partial charge on any atom is -0.339 e. The van der Waals surface area contributed by atoms with E-state index >= 15 is 0 Å². The van der Waals surface area contributed by atoms with Crippen LogP contribution < -0.4 is 5.73 Å². The molecule has 0 bridgehead atoms. The minimum atomic E-state index is 0.0676. The second kappa shape index (κ2) is 7.70. The van der Waals surface area contributed by atoms with Crippen molar-refractivity contribution < 1.29 is 4.79 Å². The third-order valence-electron chi connectivity index (χ3n) is 7.81. The third kappa shape index (κ3) is 3.43. The Kier molecular flexibility index (Phi) is 4.59. The van der Waals surface area contributed by atoms with Gasteiger partial charge in [-0.05, 0) is 68.7 Å². The van der Waals surface area contributed by atoms with Crippen LogP contribution in [0, 0.1) is 5.92 Å². The van der Waals surface area contributed by atoms with Crippen LogP contribution in [-0.4, -0.2) is 43.9 Å². The molecule has 1 aliphatic heterocycles. The highest BCUT2D eigenvalue weighted by Crippen LogP contribution is 2.46. The first-order valence-corrected chi connectivity index (χ1v) is 12.8. The zero-order valence-corrected chi connectivity index (χ0v) is 19.5. The zero-order chi connectivity index (χ0) is 22.8. The van der Waals surface area contributed by atoms with E-state index in [-0.39, 0.29) is 11.9 Å². The number of hydrogen-bond acceptors (Lipinski definition) is 3. The Hall–Kier alpha value is -3.12. The molecule has 2 N–H and O–H groups in total. The predicted octanol–water partition coefficient (Wildman–Crippen LogP) is 4.81. The van der Waals surface area contributed by atoms with Gasteiger partial charge in [0.05, 0.1) is 11.4 Å². The molecule has 1 unspecified atom stereocenters. The summed E-state index contributed by atoms with van der Waals surface area (Å²) in [5.41, 5.74) is 12.6. The molecule has 34 heavy (non-hydrogen) atoms. The molecular weight excluding hydrogens is 422 g/mol. The lowest BCUT2D eigenvalue weighted by atomic mass is 10.1. The summed E-state index contributed by atoms with van der Waals surface area (Å²) in [6, 6.07) is 15.0. The highest BCUT2D eigenvalue weighted by atomic mass is 16.2. The van der Waals surface area contributed by atoms with E-state index in [1.54, 1.807) is 0 Å². The maximum Gasteiger partial charge on any atom is 0.254 e. The molecule has 1 aromatic carbocycles. The SMILES string of the molecule is NC1CCCN(C(=O)c2ccn3c(C4CC4)c(-c4cc5ccccc5n4CC4CC4)nc3c2)C1. The van der Waals surface area contributed by atoms with Crippen LogP contribution in [0.5, 0.6) is 0 Å². The summed E-state index contributed by atoms with van der Waals surface area (Å²) in [7, 11) is 0. The van der Waals surface area contributed by atoms with E-state index in [2.05, 4.69) is 45.5 Å². The van der Waals surface area contributed by atoms with Crippen molar-refractivity contribution in [2.45, 2.75) is 57.0 Å². The van der Waals surface area contributed by atoms with Crippen LogP contribution in [0.25, 0.3) is 27.9 Å². The van der Waals surface area contributed by atoms with Crippen molar-refractivity contribution in [2.24, 2.45) is 11.7 Å². The number of likely N-dealkylation sites (tertiary alicyclic amines) is 1. The summed E-state index contributed by atoms with van der Waals surface area (Å²) in [5.74, 6) is 1.38. The summed E-state index contributed by atoms with van der Waals surface area (Å²) in [4.78, 5) is 20.3. The molecule has 174 valence electrons. The maximum atomic E-state index is 13.2. The van der Waals surface area contributed by atoms with Gasteiger partial charge < -0.3 is 19.6 Å². The number of nitrogens with zero attached hydrogens (tertiary/aromatic N) is 4. The monoisotopic (exact) mass is 453 g/mol. The van der Waals surface area contributed by atoms with E-state index in [4.69, 9.17) is 10.7 Å². The number of aromatic nitrogens is 3. The Balaban J connectivity index is 1.34. The van der Waals surface area contributed by atoms with Gasteiger partial charge in [-0.25, -0.2) is 4.98 Å².